The molecule has 1 fully saturated rings. The van der Waals surface area contributed by atoms with Crippen LogP contribution in [0.4, 0.5) is 0 Å². The van der Waals surface area contributed by atoms with Crippen LogP contribution in [0.5, 0.6) is 0 Å². The van der Waals surface area contributed by atoms with Gasteiger partial charge in [-0.25, -0.2) is 0 Å². The minimum atomic E-state index is 0.662. The van der Waals surface area contributed by atoms with Crippen molar-refractivity contribution in [3.63, 3.8) is 0 Å². The number of hydrogen-bond donors (Lipinski definition) is 1. The molecule has 1 N–H and O–H groups in total. The van der Waals surface area contributed by atoms with E-state index >= 15 is 0 Å². The molecule has 0 bridgehead atoms. The van der Waals surface area contributed by atoms with E-state index in [0.29, 0.717) is 6.04 Å². The molecule has 15 heavy (non-hydrogen) atoms. The molecule has 1 aromatic rings. The molecule has 0 amide bonds. The number of nitrogens with zero attached hydrogens (tertiary/aromatic N) is 1. The predicted octanol–water partition coefficient (Wildman–Crippen LogP) is 3.07. The molecular formula is C10H14Br2N2S. The molecule has 1 saturated heterocycles. The zero-order valence-corrected chi connectivity index (χ0v) is 12.6. The summed E-state index contributed by atoms with van der Waals surface area (Å²) in [4.78, 5) is 3.75. The molecule has 2 rings (SSSR count). The molecule has 5 heteroatoms. The van der Waals surface area contributed by atoms with Crippen molar-refractivity contribution in [2.75, 3.05) is 20.1 Å². The number of thiophene rings is 1. The number of rotatable bonds is 3. The molecule has 0 aliphatic carbocycles. The van der Waals surface area contributed by atoms with Gasteiger partial charge in [0.15, 0.2) is 0 Å². The molecule has 0 saturated carbocycles. The van der Waals surface area contributed by atoms with E-state index in [4.69, 9.17) is 0 Å². The fourth-order valence-corrected chi connectivity index (χ4v) is 3.95. The molecule has 0 aromatic carbocycles. The second-order valence-electron chi connectivity index (χ2n) is 3.96. The SMILES string of the molecule is CN1CCC(NCc2cc(Br)c(Br)s2)C1. The monoisotopic (exact) mass is 352 g/mol. The van der Waals surface area contributed by atoms with E-state index in [-0.39, 0.29) is 0 Å². The minimum absolute atomic E-state index is 0.662. The van der Waals surface area contributed by atoms with E-state index in [1.165, 1.54) is 28.2 Å². The highest BCUT2D eigenvalue weighted by Crippen LogP contribution is 2.32. The lowest BCUT2D eigenvalue weighted by Crippen LogP contribution is -2.30. The molecule has 2 nitrogen and oxygen atoms in total. The lowest BCUT2D eigenvalue weighted by molar-refractivity contribution is 0.398. The first-order valence-corrected chi connectivity index (χ1v) is 7.41. The van der Waals surface area contributed by atoms with E-state index in [0.717, 1.165) is 11.0 Å². The zero-order valence-electron chi connectivity index (χ0n) is 8.59. The van der Waals surface area contributed by atoms with Gasteiger partial charge in [0.1, 0.15) is 0 Å². The first-order chi connectivity index (χ1) is 7.15. The summed E-state index contributed by atoms with van der Waals surface area (Å²) < 4.78 is 2.34. The third-order valence-corrected chi connectivity index (χ3v) is 5.91. The zero-order chi connectivity index (χ0) is 10.8. The Hall–Kier alpha value is 0.580. The van der Waals surface area contributed by atoms with Crippen LogP contribution in [0.15, 0.2) is 14.3 Å². The van der Waals surface area contributed by atoms with Crippen molar-refractivity contribution in [1.82, 2.24) is 10.2 Å². The average Bonchev–Trinajstić information content (AvgIpc) is 2.72. The highest BCUT2D eigenvalue weighted by molar-refractivity contribution is 9.13. The van der Waals surface area contributed by atoms with Crippen molar-refractivity contribution in [2.24, 2.45) is 0 Å². The second-order valence-corrected chi connectivity index (χ2v) is 7.27. The fourth-order valence-electron chi connectivity index (χ4n) is 1.83. The summed E-state index contributed by atoms with van der Waals surface area (Å²) in [5.74, 6) is 0. The normalized spacial score (nSPS) is 22.5. The van der Waals surface area contributed by atoms with Crippen molar-refractivity contribution in [3.05, 3.63) is 19.2 Å². The minimum Gasteiger partial charge on any atom is -0.308 e. The van der Waals surface area contributed by atoms with Gasteiger partial charge in [-0.15, -0.1) is 11.3 Å². The van der Waals surface area contributed by atoms with Crippen LogP contribution >= 0.6 is 43.2 Å². The number of likely N-dealkylation sites (tertiary alicyclic amines) is 1. The second kappa shape index (κ2) is 5.27. The Morgan fingerprint density at radius 1 is 1.60 bits per heavy atom. The highest BCUT2D eigenvalue weighted by Gasteiger charge is 2.18. The molecule has 1 aliphatic rings. The molecule has 1 unspecified atom stereocenters. The number of halogens is 2. The molecule has 1 aromatic heterocycles. The van der Waals surface area contributed by atoms with Crippen molar-refractivity contribution in [1.29, 1.82) is 0 Å². The molecular weight excluding hydrogens is 340 g/mol. The van der Waals surface area contributed by atoms with E-state index in [9.17, 15) is 0 Å². The van der Waals surface area contributed by atoms with E-state index in [1.807, 2.05) is 0 Å². The largest absolute Gasteiger partial charge is 0.308 e. The van der Waals surface area contributed by atoms with Crippen LogP contribution in [-0.4, -0.2) is 31.1 Å². The van der Waals surface area contributed by atoms with Crippen molar-refractivity contribution in [3.8, 4) is 0 Å². The van der Waals surface area contributed by atoms with Crippen LogP contribution in [0.2, 0.25) is 0 Å². The van der Waals surface area contributed by atoms with Gasteiger partial charge in [0.2, 0.25) is 0 Å². The maximum absolute atomic E-state index is 3.60. The standard InChI is InChI=1S/C10H14Br2N2S/c1-14-3-2-7(6-14)13-5-8-4-9(11)10(12)15-8/h4,7,13H,2-3,5-6H2,1H3. The van der Waals surface area contributed by atoms with Crippen LogP contribution in [0.1, 0.15) is 11.3 Å². The van der Waals surface area contributed by atoms with Gasteiger partial charge in [0, 0.05) is 28.5 Å². The number of hydrogen-bond acceptors (Lipinski definition) is 3. The Labute approximate surface area is 111 Å². The Kier molecular flexibility index (Phi) is 4.24. The van der Waals surface area contributed by atoms with Gasteiger partial charge in [-0.3, -0.25) is 0 Å². The van der Waals surface area contributed by atoms with Gasteiger partial charge in [0.05, 0.1) is 3.79 Å². The average molecular weight is 354 g/mol. The quantitative estimate of drug-likeness (QED) is 0.898. The van der Waals surface area contributed by atoms with Gasteiger partial charge in [0.25, 0.3) is 0 Å². The lowest BCUT2D eigenvalue weighted by Gasteiger charge is -2.11. The summed E-state index contributed by atoms with van der Waals surface area (Å²) in [7, 11) is 2.18. The Balaban J connectivity index is 1.83. The molecule has 0 spiro atoms. The van der Waals surface area contributed by atoms with Gasteiger partial charge in [-0.2, -0.15) is 0 Å². The number of nitrogens with one attached hydrogen (secondary N) is 1. The summed E-state index contributed by atoms with van der Waals surface area (Å²) in [6, 6.07) is 2.84. The highest BCUT2D eigenvalue weighted by atomic mass is 79.9. The Morgan fingerprint density at radius 3 is 2.93 bits per heavy atom. The molecule has 84 valence electrons. The summed E-state index contributed by atoms with van der Waals surface area (Å²) in [5, 5.41) is 3.60. The predicted molar refractivity (Wildman–Crippen MR) is 72.5 cm³/mol. The van der Waals surface area contributed by atoms with Crippen LogP contribution in [-0.2, 0) is 6.54 Å². The fraction of sp³-hybridized carbons (Fsp3) is 0.600. The Morgan fingerprint density at radius 2 is 2.40 bits per heavy atom. The third kappa shape index (κ3) is 3.27. The first kappa shape index (κ1) is 12.0. The summed E-state index contributed by atoms with van der Waals surface area (Å²) in [6.45, 7) is 3.37. The summed E-state index contributed by atoms with van der Waals surface area (Å²) in [5.41, 5.74) is 0. The van der Waals surface area contributed by atoms with Crippen LogP contribution in [0.25, 0.3) is 0 Å². The van der Waals surface area contributed by atoms with E-state index in [1.54, 1.807) is 11.3 Å². The summed E-state index contributed by atoms with van der Waals surface area (Å²) in [6.07, 6.45) is 1.27. The molecule has 1 atom stereocenters. The van der Waals surface area contributed by atoms with Crippen molar-refractivity contribution >= 4 is 43.2 Å². The van der Waals surface area contributed by atoms with Crippen LogP contribution in [0, 0.1) is 0 Å². The van der Waals surface area contributed by atoms with Crippen LogP contribution in [0.3, 0.4) is 0 Å². The van der Waals surface area contributed by atoms with E-state index in [2.05, 4.69) is 55.2 Å². The Bertz CT molecular complexity index is 321. The lowest BCUT2D eigenvalue weighted by atomic mass is 10.2. The van der Waals surface area contributed by atoms with Crippen LogP contribution < -0.4 is 5.32 Å². The van der Waals surface area contributed by atoms with Crippen molar-refractivity contribution in [2.45, 2.75) is 19.0 Å². The van der Waals surface area contributed by atoms with Gasteiger partial charge >= 0.3 is 0 Å². The first-order valence-electron chi connectivity index (χ1n) is 5.01. The molecule has 1 aliphatic heterocycles. The maximum atomic E-state index is 3.60. The summed E-state index contributed by atoms with van der Waals surface area (Å²) >= 11 is 8.81. The number of likely N-dealkylation sites (N-methyl/N-ethyl adjacent to an activating group) is 1. The van der Waals surface area contributed by atoms with E-state index < -0.39 is 0 Å². The van der Waals surface area contributed by atoms with Gasteiger partial charge in [-0.1, -0.05) is 0 Å². The smallest absolute Gasteiger partial charge is 0.0843 e. The van der Waals surface area contributed by atoms with Crippen molar-refractivity contribution < 1.29 is 0 Å². The molecule has 2 heterocycles. The third-order valence-electron chi connectivity index (χ3n) is 2.65. The molecule has 0 radical (unpaired) electrons. The van der Waals surface area contributed by atoms with Gasteiger partial charge in [-0.05, 0) is 57.9 Å². The van der Waals surface area contributed by atoms with Gasteiger partial charge < -0.3 is 10.2 Å². The topological polar surface area (TPSA) is 15.3 Å². The maximum Gasteiger partial charge on any atom is 0.0843 e.